The van der Waals surface area contributed by atoms with E-state index in [1.54, 1.807) is 6.08 Å². The highest BCUT2D eigenvalue weighted by Gasteiger charge is 2.27. The lowest BCUT2D eigenvalue weighted by atomic mass is 9.97. The molecule has 1 saturated heterocycles. The highest BCUT2D eigenvalue weighted by Crippen LogP contribution is 2.40. The standard InChI is InChI=1S/C27H32N4OS/c1-2-3-13-23-28-26(25-21-11-7-8-12-22(21)33-27(25)29-23)31-18-16-30(17-19-31)24(32)15-14-20-9-5-4-6-10-20/h4-6,9-10,14-15H,2-3,7-8,11-13,16-19H2,1H3. The molecule has 3 heterocycles. The number of aryl methyl sites for hydroxylation is 3. The van der Waals surface area contributed by atoms with Crippen LogP contribution in [0.5, 0.6) is 0 Å². The molecule has 5 rings (SSSR count). The molecule has 1 aromatic carbocycles. The summed E-state index contributed by atoms with van der Waals surface area (Å²) < 4.78 is 0. The van der Waals surface area contributed by atoms with Crippen LogP contribution in [-0.4, -0.2) is 47.0 Å². The van der Waals surface area contributed by atoms with Crippen molar-refractivity contribution in [3.05, 3.63) is 58.2 Å². The molecule has 0 bridgehead atoms. The molecule has 2 aromatic heterocycles. The van der Waals surface area contributed by atoms with Crippen LogP contribution in [0.1, 0.15) is 54.4 Å². The third-order valence-corrected chi connectivity index (χ3v) is 7.89. The minimum atomic E-state index is 0.0860. The molecule has 0 spiro atoms. The Morgan fingerprint density at radius 1 is 1.06 bits per heavy atom. The van der Waals surface area contributed by atoms with Gasteiger partial charge in [0.2, 0.25) is 5.91 Å². The molecule has 1 amide bonds. The number of nitrogens with zero attached hydrogens (tertiary/aromatic N) is 4. The summed E-state index contributed by atoms with van der Waals surface area (Å²) in [6, 6.07) is 9.99. The lowest BCUT2D eigenvalue weighted by Crippen LogP contribution is -2.48. The molecule has 0 radical (unpaired) electrons. The summed E-state index contributed by atoms with van der Waals surface area (Å²) in [4.78, 5) is 29.8. The maximum absolute atomic E-state index is 12.7. The van der Waals surface area contributed by atoms with E-state index in [0.29, 0.717) is 0 Å². The van der Waals surface area contributed by atoms with E-state index >= 15 is 0 Å². The number of anilines is 1. The average Bonchev–Trinajstić information content (AvgIpc) is 3.25. The molecule has 3 aromatic rings. The Morgan fingerprint density at radius 2 is 1.85 bits per heavy atom. The van der Waals surface area contributed by atoms with E-state index in [0.717, 1.165) is 69.1 Å². The summed E-state index contributed by atoms with van der Waals surface area (Å²) in [5, 5.41) is 1.29. The van der Waals surface area contributed by atoms with Gasteiger partial charge in [-0.1, -0.05) is 43.7 Å². The smallest absolute Gasteiger partial charge is 0.246 e. The Hall–Kier alpha value is -2.73. The average molecular weight is 461 g/mol. The minimum absolute atomic E-state index is 0.0860. The van der Waals surface area contributed by atoms with Crippen molar-refractivity contribution in [2.75, 3.05) is 31.1 Å². The normalized spacial score (nSPS) is 16.5. The quantitative estimate of drug-likeness (QED) is 0.470. The summed E-state index contributed by atoms with van der Waals surface area (Å²) in [5.41, 5.74) is 2.54. The third-order valence-electron chi connectivity index (χ3n) is 6.70. The molecule has 0 saturated carbocycles. The van der Waals surface area contributed by atoms with Crippen molar-refractivity contribution < 1.29 is 4.79 Å². The van der Waals surface area contributed by atoms with Gasteiger partial charge in [0.05, 0.1) is 5.39 Å². The zero-order chi connectivity index (χ0) is 22.6. The number of hydrogen-bond donors (Lipinski definition) is 0. The third kappa shape index (κ3) is 4.81. The fraction of sp³-hybridized carbons (Fsp3) is 0.444. The van der Waals surface area contributed by atoms with Crippen molar-refractivity contribution in [2.24, 2.45) is 0 Å². The van der Waals surface area contributed by atoms with Crippen molar-refractivity contribution in [1.29, 1.82) is 0 Å². The van der Waals surface area contributed by atoms with Crippen LogP contribution in [0.4, 0.5) is 5.82 Å². The molecule has 0 N–H and O–H groups in total. The van der Waals surface area contributed by atoms with E-state index in [1.165, 1.54) is 39.9 Å². The number of carbonyl (C=O) groups excluding carboxylic acids is 1. The minimum Gasteiger partial charge on any atom is -0.352 e. The molecule has 172 valence electrons. The summed E-state index contributed by atoms with van der Waals surface area (Å²) in [7, 11) is 0. The Balaban J connectivity index is 1.35. The van der Waals surface area contributed by atoms with Crippen LogP contribution in [-0.2, 0) is 24.1 Å². The van der Waals surface area contributed by atoms with Crippen LogP contribution in [0.2, 0.25) is 0 Å². The lowest BCUT2D eigenvalue weighted by molar-refractivity contribution is -0.126. The predicted molar refractivity (Wildman–Crippen MR) is 137 cm³/mol. The number of aromatic nitrogens is 2. The number of unbranched alkanes of at least 4 members (excludes halogenated alkanes) is 1. The van der Waals surface area contributed by atoms with Crippen LogP contribution < -0.4 is 4.90 Å². The fourth-order valence-corrected chi connectivity index (χ4v) is 6.11. The van der Waals surface area contributed by atoms with Gasteiger partial charge in [-0.3, -0.25) is 4.79 Å². The SMILES string of the molecule is CCCCc1nc(N2CCN(C(=O)C=Cc3ccccc3)CC2)c2c3c(sc2n1)CCCC3. The molecule has 33 heavy (non-hydrogen) atoms. The molecule has 0 atom stereocenters. The second-order valence-electron chi connectivity index (χ2n) is 9.01. The van der Waals surface area contributed by atoms with Gasteiger partial charge >= 0.3 is 0 Å². The molecular weight excluding hydrogens is 428 g/mol. The topological polar surface area (TPSA) is 49.3 Å². The van der Waals surface area contributed by atoms with E-state index in [4.69, 9.17) is 9.97 Å². The van der Waals surface area contributed by atoms with E-state index in [9.17, 15) is 4.79 Å². The van der Waals surface area contributed by atoms with Crippen molar-refractivity contribution in [2.45, 2.75) is 51.9 Å². The van der Waals surface area contributed by atoms with Crippen LogP contribution in [0, 0.1) is 0 Å². The number of thiophene rings is 1. The molecule has 1 aliphatic carbocycles. The van der Waals surface area contributed by atoms with Crippen LogP contribution in [0.3, 0.4) is 0 Å². The van der Waals surface area contributed by atoms with Crippen molar-refractivity contribution >= 4 is 39.4 Å². The van der Waals surface area contributed by atoms with Gasteiger partial charge in [-0.25, -0.2) is 9.97 Å². The molecule has 1 aliphatic heterocycles. The number of piperazine rings is 1. The summed E-state index contributed by atoms with van der Waals surface area (Å²) >= 11 is 1.88. The van der Waals surface area contributed by atoms with Gasteiger partial charge in [0, 0.05) is 43.6 Å². The van der Waals surface area contributed by atoms with Gasteiger partial charge in [-0.05, 0) is 49.3 Å². The molecule has 0 unspecified atom stereocenters. The first-order valence-electron chi connectivity index (χ1n) is 12.3. The number of rotatable bonds is 6. The maximum atomic E-state index is 12.7. The van der Waals surface area contributed by atoms with Gasteiger partial charge in [0.15, 0.2) is 0 Å². The molecule has 2 aliphatic rings. The van der Waals surface area contributed by atoms with E-state index < -0.39 is 0 Å². The van der Waals surface area contributed by atoms with Gasteiger partial charge < -0.3 is 9.80 Å². The number of fused-ring (bicyclic) bond motifs is 3. The van der Waals surface area contributed by atoms with E-state index in [-0.39, 0.29) is 5.91 Å². The second kappa shape index (κ2) is 10.0. The van der Waals surface area contributed by atoms with Crippen LogP contribution >= 0.6 is 11.3 Å². The predicted octanol–water partition coefficient (Wildman–Crippen LogP) is 5.27. The monoisotopic (exact) mass is 460 g/mol. The Morgan fingerprint density at radius 3 is 2.64 bits per heavy atom. The zero-order valence-electron chi connectivity index (χ0n) is 19.4. The lowest BCUT2D eigenvalue weighted by Gasteiger charge is -2.35. The van der Waals surface area contributed by atoms with E-state index in [2.05, 4.69) is 11.8 Å². The number of amides is 1. The van der Waals surface area contributed by atoms with Gasteiger partial charge in [0.1, 0.15) is 16.5 Å². The van der Waals surface area contributed by atoms with Gasteiger partial charge in [-0.15, -0.1) is 11.3 Å². The fourth-order valence-electron chi connectivity index (χ4n) is 4.83. The Kier molecular flexibility index (Phi) is 6.72. The number of hydrogen-bond acceptors (Lipinski definition) is 5. The maximum Gasteiger partial charge on any atom is 0.246 e. The van der Waals surface area contributed by atoms with E-state index in [1.807, 2.05) is 52.6 Å². The number of benzene rings is 1. The van der Waals surface area contributed by atoms with Gasteiger partial charge in [0.25, 0.3) is 0 Å². The first-order valence-corrected chi connectivity index (χ1v) is 13.1. The molecule has 6 heteroatoms. The largest absolute Gasteiger partial charge is 0.352 e. The van der Waals surface area contributed by atoms with Gasteiger partial charge in [-0.2, -0.15) is 0 Å². The summed E-state index contributed by atoms with van der Waals surface area (Å²) in [6.45, 7) is 5.29. The summed E-state index contributed by atoms with van der Waals surface area (Å²) in [5.74, 6) is 2.17. The Bertz CT molecular complexity index is 1150. The first-order chi connectivity index (χ1) is 16.2. The zero-order valence-corrected chi connectivity index (χ0v) is 20.2. The number of carbonyl (C=O) groups is 1. The molecule has 1 fully saturated rings. The highest BCUT2D eigenvalue weighted by atomic mass is 32.1. The molecular formula is C27H32N4OS. The van der Waals surface area contributed by atoms with Crippen LogP contribution in [0.15, 0.2) is 36.4 Å². The Labute approximate surface area is 200 Å². The van der Waals surface area contributed by atoms with Crippen LogP contribution in [0.25, 0.3) is 16.3 Å². The van der Waals surface area contributed by atoms with Crippen molar-refractivity contribution in [3.8, 4) is 0 Å². The molecule has 5 nitrogen and oxygen atoms in total. The first kappa shape index (κ1) is 22.1. The van der Waals surface area contributed by atoms with Crippen molar-refractivity contribution in [1.82, 2.24) is 14.9 Å². The highest BCUT2D eigenvalue weighted by molar-refractivity contribution is 7.19. The van der Waals surface area contributed by atoms with Crippen molar-refractivity contribution in [3.63, 3.8) is 0 Å². The summed E-state index contributed by atoms with van der Waals surface area (Å²) in [6.07, 6.45) is 11.7. The second-order valence-corrected chi connectivity index (χ2v) is 10.1.